The lowest BCUT2D eigenvalue weighted by atomic mass is 10.2. The SMILES string of the molecule is CCCCCCOS(=O)(=O)c1ccc(OC)cc1NS(=O)(=O)c1ccc(OC)cc1. The maximum atomic E-state index is 12.8. The number of ether oxygens (including phenoxy) is 2. The van der Waals surface area contributed by atoms with Crippen LogP contribution in [0.2, 0.25) is 0 Å². The summed E-state index contributed by atoms with van der Waals surface area (Å²) in [5.74, 6) is 0.791. The van der Waals surface area contributed by atoms with Crippen LogP contribution in [-0.2, 0) is 24.3 Å². The molecule has 8 nitrogen and oxygen atoms in total. The minimum absolute atomic E-state index is 0.0268. The van der Waals surface area contributed by atoms with Crippen LogP contribution in [0.4, 0.5) is 5.69 Å². The van der Waals surface area contributed by atoms with Gasteiger partial charge < -0.3 is 9.47 Å². The molecule has 2 rings (SSSR count). The number of nitrogens with one attached hydrogen (secondary N) is 1. The topological polar surface area (TPSA) is 108 Å². The molecule has 0 spiro atoms. The Labute approximate surface area is 178 Å². The Bertz CT molecular complexity index is 1030. The molecule has 2 aromatic rings. The van der Waals surface area contributed by atoms with Gasteiger partial charge in [0.05, 0.1) is 31.4 Å². The molecule has 1 N–H and O–H groups in total. The molecule has 0 amide bonds. The van der Waals surface area contributed by atoms with Gasteiger partial charge in [0.25, 0.3) is 20.1 Å². The van der Waals surface area contributed by atoms with Crippen molar-refractivity contribution in [3.8, 4) is 11.5 Å². The number of hydrogen-bond donors (Lipinski definition) is 1. The minimum Gasteiger partial charge on any atom is -0.497 e. The van der Waals surface area contributed by atoms with Crippen LogP contribution in [0.25, 0.3) is 0 Å². The molecule has 0 radical (unpaired) electrons. The average Bonchev–Trinajstić information content (AvgIpc) is 2.73. The molecule has 0 bridgehead atoms. The highest BCUT2D eigenvalue weighted by Crippen LogP contribution is 2.30. The van der Waals surface area contributed by atoms with E-state index in [1.807, 2.05) is 0 Å². The van der Waals surface area contributed by atoms with Crippen LogP contribution in [0.5, 0.6) is 11.5 Å². The van der Waals surface area contributed by atoms with Gasteiger partial charge in [0, 0.05) is 6.07 Å². The first-order valence-corrected chi connectivity index (χ1v) is 12.4. The lowest BCUT2D eigenvalue weighted by Crippen LogP contribution is -2.17. The average molecular weight is 458 g/mol. The lowest BCUT2D eigenvalue weighted by Gasteiger charge is -2.14. The molecular weight excluding hydrogens is 430 g/mol. The van der Waals surface area contributed by atoms with Crippen LogP contribution in [0, 0.1) is 0 Å². The van der Waals surface area contributed by atoms with Gasteiger partial charge in [-0.1, -0.05) is 26.2 Å². The van der Waals surface area contributed by atoms with E-state index >= 15 is 0 Å². The number of rotatable bonds is 12. The number of unbranched alkanes of at least 4 members (excludes halogenated alkanes) is 3. The minimum atomic E-state index is -4.17. The molecule has 0 aliphatic rings. The van der Waals surface area contributed by atoms with Crippen molar-refractivity contribution in [1.82, 2.24) is 0 Å². The first kappa shape index (κ1) is 24.0. The third kappa shape index (κ3) is 6.35. The largest absolute Gasteiger partial charge is 0.497 e. The van der Waals surface area contributed by atoms with Gasteiger partial charge in [-0.05, 0) is 42.8 Å². The summed E-state index contributed by atoms with van der Waals surface area (Å²) in [6.07, 6.45) is 3.45. The van der Waals surface area contributed by atoms with Crippen LogP contribution < -0.4 is 14.2 Å². The first-order valence-electron chi connectivity index (χ1n) is 9.48. The molecule has 30 heavy (non-hydrogen) atoms. The smallest absolute Gasteiger partial charge is 0.299 e. The number of hydrogen-bond acceptors (Lipinski definition) is 7. The van der Waals surface area contributed by atoms with Crippen molar-refractivity contribution in [3.63, 3.8) is 0 Å². The van der Waals surface area contributed by atoms with Gasteiger partial charge in [-0.15, -0.1) is 0 Å². The Hall–Kier alpha value is -2.30. The fraction of sp³-hybridized carbons (Fsp3) is 0.400. The van der Waals surface area contributed by atoms with Gasteiger partial charge >= 0.3 is 0 Å². The van der Waals surface area contributed by atoms with Crippen molar-refractivity contribution in [1.29, 1.82) is 0 Å². The predicted octanol–water partition coefficient (Wildman–Crippen LogP) is 3.79. The highest BCUT2D eigenvalue weighted by Gasteiger charge is 2.24. The van der Waals surface area contributed by atoms with Gasteiger partial charge in [0.15, 0.2) is 0 Å². The van der Waals surface area contributed by atoms with E-state index in [0.29, 0.717) is 17.9 Å². The second-order valence-corrected chi connectivity index (χ2v) is 9.75. The molecule has 10 heteroatoms. The molecule has 0 fully saturated rings. The van der Waals surface area contributed by atoms with E-state index in [1.54, 1.807) is 0 Å². The standard InChI is InChI=1S/C20H27NO7S2/c1-4-5-6-7-14-28-30(24,25)20-13-10-17(27-3)15-19(20)21-29(22,23)18-11-8-16(26-2)9-12-18/h8-13,15,21H,4-7,14H2,1-3H3. The summed E-state index contributed by atoms with van der Waals surface area (Å²) < 4.78 is 68.5. The van der Waals surface area contributed by atoms with Crippen LogP contribution in [0.1, 0.15) is 32.6 Å². The molecular formula is C20H27NO7S2. The molecule has 0 saturated carbocycles. The Kier molecular flexibility index (Phi) is 8.51. The summed E-state index contributed by atoms with van der Waals surface area (Å²) in [6.45, 7) is 2.08. The number of benzene rings is 2. The quantitative estimate of drug-likeness (QED) is 0.381. The number of sulfonamides is 1. The summed E-state index contributed by atoms with van der Waals surface area (Å²) in [4.78, 5) is -0.328. The van der Waals surface area contributed by atoms with E-state index in [4.69, 9.17) is 13.7 Å². The molecule has 0 heterocycles. The first-order chi connectivity index (χ1) is 14.2. The molecule has 0 unspecified atom stereocenters. The highest BCUT2D eigenvalue weighted by molar-refractivity contribution is 7.93. The Balaban J connectivity index is 2.31. The van der Waals surface area contributed by atoms with Crippen molar-refractivity contribution in [3.05, 3.63) is 42.5 Å². The van der Waals surface area contributed by atoms with Gasteiger partial charge in [0.1, 0.15) is 16.4 Å². The van der Waals surface area contributed by atoms with E-state index in [2.05, 4.69) is 11.6 Å². The maximum absolute atomic E-state index is 12.8. The maximum Gasteiger partial charge on any atom is 0.299 e. The summed E-state index contributed by atoms with van der Waals surface area (Å²) >= 11 is 0. The summed E-state index contributed by atoms with van der Waals surface area (Å²) in [5.41, 5.74) is -0.154. The number of anilines is 1. The van der Waals surface area contributed by atoms with Crippen molar-refractivity contribution >= 4 is 25.8 Å². The zero-order valence-electron chi connectivity index (χ0n) is 17.3. The predicted molar refractivity (Wildman–Crippen MR) is 114 cm³/mol. The molecule has 0 aliphatic carbocycles. The van der Waals surface area contributed by atoms with E-state index < -0.39 is 20.1 Å². The Morgan fingerprint density at radius 1 is 0.833 bits per heavy atom. The third-order valence-corrected chi connectivity index (χ3v) is 7.06. The van der Waals surface area contributed by atoms with Crippen molar-refractivity contribution in [2.45, 2.75) is 42.4 Å². The zero-order chi connectivity index (χ0) is 22.2. The third-order valence-electron chi connectivity index (χ3n) is 4.31. The molecule has 2 aromatic carbocycles. The lowest BCUT2D eigenvalue weighted by molar-refractivity contribution is 0.307. The fourth-order valence-corrected chi connectivity index (χ4v) is 4.87. The zero-order valence-corrected chi connectivity index (χ0v) is 18.9. The molecule has 0 atom stereocenters. The van der Waals surface area contributed by atoms with Gasteiger partial charge in [0.2, 0.25) is 0 Å². The van der Waals surface area contributed by atoms with Gasteiger partial charge in [-0.25, -0.2) is 8.42 Å². The van der Waals surface area contributed by atoms with E-state index in [1.165, 1.54) is 56.7 Å². The van der Waals surface area contributed by atoms with E-state index in [-0.39, 0.29) is 22.1 Å². The van der Waals surface area contributed by atoms with Crippen molar-refractivity contribution in [2.24, 2.45) is 0 Å². The van der Waals surface area contributed by atoms with Gasteiger partial charge in [-0.3, -0.25) is 8.91 Å². The van der Waals surface area contributed by atoms with Crippen molar-refractivity contribution in [2.75, 3.05) is 25.5 Å². The Morgan fingerprint density at radius 2 is 1.47 bits per heavy atom. The molecule has 0 aliphatic heterocycles. The summed E-state index contributed by atoms with van der Waals surface area (Å²) in [5, 5.41) is 0. The summed E-state index contributed by atoms with van der Waals surface area (Å²) in [7, 11) is -5.36. The van der Waals surface area contributed by atoms with Crippen LogP contribution in [0.3, 0.4) is 0 Å². The molecule has 0 aromatic heterocycles. The van der Waals surface area contributed by atoms with E-state index in [0.717, 1.165) is 19.3 Å². The van der Waals surface area contributed by atoms with Gasteiger partial charge in [-0.2, -0.15) is 8.42 Å². The highest BCUT2D eigenvalue weighted by atomic mass is 32.2. The molecule has 166 valence electrons. The second kappa shape index (κ2) is 10.6. The van der Waals surface area contributed by atoms with Crippen LogP contribution in [0.15, 0.2) is 52.3 Å². The fourth-order valence-electron chi connectivity index (χ4n) is 2.65. The normalized spacial score (nSPS) is 11.8. The van der Waals surface area contributed by atoms with Crippen molar-refractivity contribution < 1.29 is 30.5 Å². The monoisotopic (exact) mass is 457 g/mol. The molecule has 0 saturated heterocycles. The number of methoxy groups -OCH3 is 2. The van der Waals surface area contributed by atoms with Crippen LogP contribution >= 0.6 is 0 Å². The Morgan fingerprint density at radius 3 is 2.07 bits per heavy atom. The van der Waals surface area contributed by atoms with E-state index in [9.17, 15) is 16.8 Å². The van der Waals surface area contributed by atoms with Crippen LogP contribution in [-0.4, -0.2) is 37.7 Å². The second-order valence-electron chi connectivity index (χ2n) is 6.48. The summed E-state index contributed by atoms with van der Waals surface area (Å²) in [6, 6.07) is 9.70.